The van der Waals surface area contributed by atoms with Crippen molar-refractivity contribution in [3.8, 4) is 0 Å². The van der Waals surface area contributed by atoms with Crippen LogP contribution in [0, 0.1) is 0 Å². The highest BCUT2D eigenvalue weighted by atomic mass is 28.4. The molecule has 0 aliphatic carbocycles. The summed E-state index contributed by atoms with van der Waals surface area (Å²) >= 11 is 0. The Bertz CT molecular complexity index is 844. The van der Waals surface area contributed by atoms with Crippen LogP contribution in [0.3, 0.4) is 0 Å². The van der Waals surface area contributed by atoms with Crippen molar-refractivity contribution < 1.29 is 22.4 Å². The van der Waals surface area contributed by atoms with Crippen molar-refractivity contribution in [2.75, 3.05) is 6.61 Å². The van der Waals surface area contributed by atoms with Crippen LogP contribution in [-0.2, 0) is 22.4 Å². The highest BCUT2D eigenvalue weighted by molar-refractivity contribution is 6.75. The molecule has 0 aromatic rings. The highest BCUT2D eigenvalue weighted by Crippen LogP contribution is 2.46. The van der Waals surface area contributed by atoms with Gasteiger partial charge in [0.05, 0.1) is 18.8 Å². The van der Waals surface area contributed by atoms with E-state index in [1.54, 1.807) is 0 Å². The second-order valence-corrected chi connectivity index (χ2v) is 37.8. The topological polar surface area (TPSA) is 46.2 Å². The molecular formula is C32H72O5Si4. The number of hydrogen-bond acceptors (Lipinski definition) is 5. The molecule has 1 aliphatic heterocycles. The first-order chi connectivity index (χ1) is 17.8. The van der Waals surface area contributed by atoms with Crippen molar-refractivity contribution in [2.24, 2.45) is 0 Å². The van der Waals surface area contributed by atoms with E-state index in [0.717, 1.165) is 6.42 Å². The van der Waals surface area contributed by atoms with Crippen molar-refractivity contribution in [1.82, 2.24) is 0 Å². The Hall–Kier alpha value is 0.668. The third-order valence-electron chi connectivity index (χ3n) is 11.3. The van der Waals surface area contributed by atoms with Gasteiger partial charge < -0.3 is 22.4 Å². The molecule has 0 aromatic heterocycles. The fourth-order valence-corrected chi connectivity index (χ4v) is 8.89. The van der Waals surface area contributed by atoms with Gasteiger partial charge in [0, 0.05) is 0 Å². The Morgan fingerprint density at radius 3 is 1.05 bits per heavy atom. The molecule has 1 rings (SSSR count). The fraction of sp³-hybridized carbons (Fsp3) is 1.00. The largest absolute Gasteiger partial charge is 0.414 e. The quantitative estimate of drug-likeness (QED) is 0.221. The van der Waals surface area contributed by atoms with E-state index in [-0.39, 0.29) is 50.7 Å². The summed E-state index contributed by atoms with van der Waals surface area (Å²) in [5, 5.41) is 0.303. The first-order valence-electron chi connectivity index (χ1n) is 16.1. The van der Waals surface area contributed by atoms with Crippen LogP contribution in [0.1, 0.15) is 96.4 Å². The molecule has 1 fully saturated rings. The van der Waals surface area contributed by atoms with E-state index in [2.05, 4.69) is 142 Å². The van der Waals surface area contributed by atoms with E-state index in [4.69, 9.17) is 22.4 Å². The van der Waals surface area contributed by atoms with E-state index in [1.165, 1.54) is 0 Å². The zero-order valence-corrected chi connectivity index (χ0v) is 35.3. The smallest absolute Gasteiger partial charge is 0.192 e. The molecule has 5 atom stereocenters. The normalized spacial score (nSPS) is 26.4. The SMILES string of the molecule is CC[C@@H]1O[C@H](CO[Si](C)(C)C(C)(C)C)C(O[Si](C)(C)C(C)(C)C)C(O[Si](C)(C)C(C)(C)C)C1O[Si](C)(C)C(C)(C)C. The summed E-state index contributed by atoms with van der Waals surface area (Å²) in [5.41, 5.74) is 0. The molecule has 41 heavy (non-hydrogen) atoms. The van der Waals surface area contributed by atoms with Gasteiger partial charge >= 0.3 is 0 Å². The maximum atomic E-state index is 7.46. The molecule has 1 aliphatic rings. The minimum Gasteiger partial charge on any atom is -0.414 e. The van der Waals surface area contributed by atoms with E-state index >= 15 is 0 Å². The minimum absolute atomic E-state index is 0.0523. The maximum Gasteiger partial charge on any atom is 0.192 e. The van der Waals surface area contributed by atoms with Crippen LogP contribution in [0.5, 0.6) is 0 Å². The van der Waals surface area contributed by atoms with Crippen molar-refractivity contribution in [3.05, 3.63) is 0 Å². The average molecular weight is 649 g/mol. The Labute approximate surface area is 261 Å². The molecule has 246 valence electrons. The molecule has 0 spiro atoms. The van der Waals surface area contributed by atoms with Gasteiger partial charge in [-0.1, -0.05) is 90.0 Å². The van der Waals surface area contributed by atoms with Gasteiger partial charge in [-0.2, -0.15) is 0 Å². The molecule has 3 unspecified atom stereocenters. The van der Waals surface area contributed by atoms with E-state index in [9.17, 15) is 0 Å². The summed E-state index contributed by atoms with van der Waals surface area (Å²) in [4.78, 5) is 0. The monoisotopic (exact) mass is 648 g/mol. The van der Waals surface area contributed by atoms with Gasteiger partial charge in [0.1, 0.15) is 18.3 Å². The predicted octanol–water partition coefficient (Wildman–Crippen LogP) is 10.4. The van der Waals surface area contributed by atoms with Crippen LogP contribution >= 0.6 is 0 Å². The van der Waals surface area contributed by atoms with Gasteiger partial charge in [0.15, 0.2) is 33.3 Å². The van der Waals surface area contributed by atoms with Crippen LogP contribution in [0.2, 0.25) is 72.5 Å². The lowest BCUT2D eigenvalue weighted by Crippen LogP contribution is -2.68. The number of rotatable bonds is 10. The lowest BCUT2D eigenvalue weighted by atomic mass is 9.94. The van der Waals surface area contributed by atoms with E-state index in [1.807, 2.05) is 0 Å². The van der Waals surface area contributed by atoms with Crippen molar-refractivity contribution in [2.45, 2.75) is 199 Å². The van der Waals surface area contributed by atoms with E-state index < -0.39 is 33.3 Å². The van der Waals surface area contributed by atoms with Crippen LogP contribution in [0.4, 0.5) is 0 Å². The first-order valence-corrected chi connectivity index (χ1v) is 27.8. The van der Waals surface area contributed by atoms with Gasteiger partial charge in [0.2, 0.25) is 0 Å². The lowest BCUT2D eigenvalue weighted by Gasteiger charge is -2.55. The third-order valence-corrected chi connectivity index (χ3v) is 29.2. The molecule has 0 bridgehead atoms. The van der Waals surface area contributed by atoms with Crippen molar-refractivity contribution in [3.63, 3.8) is 0 Å². The van der Waals surface area contributed by atoms with Crippen LogP contribution in [0.15, 0.2) is 0 Å². The van der Waals surface area contributed by atoms with E-state index in [0.29, 0.717) is 6.61 Å². The third kappa shape index (κ3) is 9.58. The highest BCUT2D eigenvalue weighted by Gasteiger charge is 2.56. The summed E-state index contributed by atoms with van der Waals surface area (Å²) in [7, 11) is -8.55. The maximum absolute atomic E-state index is 7.46. The summed E-state index contributed by atoms with van der Waals surface area (Å²) in [5.74, 6) is 0. The van der Waals surface area contributed by atoms with Crippen molar-refractivity contribution >= 4 is 33.3 Å². The van der Waals surface area contributed by atoms with Crippen LogP contribution in [-0.4, -0.2) is 70.4 Å². The van der Waals surface area contributed by atoms with Gasteiger partial charge in [0.25, 0.3) is 0 Å². The molecule has 1 heterocycles. The molecule has 1 saturated heterocycles. The van der Waals surface area contributed by atoms with Crippen LogP contribution in [0.25, 0.3) is 0 Å². The Kier molecular flexibility index (Phi) is 12.4. The summed E-state index contributed by atoms with van der Waals surface area (Å²) in [6.07, 6.45) is -0.0874. The predicted molar refractivity (Wildman–Crippen MR) is 188 cm³/mol. The number of ether oxygens (including phenoxy) is 1. The summed E-state index contributed by atoms with van der Waals surface area (Å²) < 4.78 is 36.1. The zero-order chi connectivity index (χ0) is 32.8. The second kappa shape index (κ2) is 12.8. The second-order valence-electron chi connectivity index (χ2n) is 18.7. The molecule has 0 aromatic carbocycles. The molecule has 0 N–H and O–H groups in total. The molecule has 0 saturated carbocycles. The Morgan fingerprint density at radius 2 is 0.756 bits per heavy atom. The standard InChI is InChI=1S/C32H72O5Si4/c1-22-24-26(35-39(16,17)30(5,6)7)28(37-41(20,21)32(11,12)13)27(36-40(18,19)31(8,9)10)25(34-24)23-33-38(14,15)29(2,3)4/h24-28H,22-23H2,1-21H3/t24-,25+,26?,27?,28?/m0/s1. The molecular weight excluding hydrogens is 577 g/mol. The van der Waals surface area contributed by atoms with Crippen molar-refractivity contribution in [1.29, 1.82) is 0 Å². The number of hydrogen-bond donors (Lipinski definition) is 0. The molecule has 9 heteroatoms. The summed E-state index contributed by atoms with van der Waals surface area (Å²) in [6.45, 7) is 49.2. The zero-order valence-electron chi connectivity index (χ0n) is 31.3. The lowest BCUT2D eigenvalue weighted by molar-refractivity contribution is -0.216. The van der Waals surface area contributed by atoms with Gasteiger partial charge in [-0.15, -0.1) is 0 Å². The van der Waals surface area contributed by atoms with Crippen LogP contribution < -0.4 is 0 Å². The molecule has 5 nitrogen and oxygen atoms in total. The summed E-state index contributed by atoms with van der Waals surface area (Å²) in [6, 6.07) is 0. The van der Waals surface area contributed by atoms with Gasteiger partial charge in [-0.05, 0) is 78.9 Å². The average Bonchev–Trinajstić information content (AvgIpc) is 2.71. The van der Waals surface area contributed by atoms with Gasteiger partial charge in [-0.25, -0.2) is 0 Å². The minimum atomic E-state index is -2.20. The molecule has 0 amide bonds. The van der Waals surface area contributed by atoms with Gasteiger partial charge in [-0.3, -0.25) is 0 Å². The Morgan fingerprint density at radius 1 is 0.463 bits per heavy atom. The molecule has 0 radical (unpaired) electrons. The fourth-order valence-electron chi connectivity index (χ4n) is 3.93. The Balaban J connectivity index is 3.83. The first kappa shape index (κ1) is 39.7.